The highest BCUT2D eigenvalue weighted by Gasteiger charge is 2.19. The van der Waals surface area contributed by atoms with Gasteiger partial charge in [-0.25, -0.2) is 4.68 Å². The third-order valence-corrected chi connectivity index (χ3v) is 5.59. The van der Waals surface area contributed by atoms with Crippen LogP contribution in [0.3, 0.4) is 0 Å². The third kappa shape index (κ3) is 4.27. The Bertz CT molecular complexity index is 1120. The molecule has 1 N–H and O–H groups in total. The Hall–Kier alpha value is -3.25. The molecule has 0 radical (unpaired) electrons. The molecule has 4 rings (SSSR count). The van der Waals surface area contributed by atoms with Gasteiger partial charge in [0.15, 0.2) is 0 Å². The number of benzene rings is 1. The van der Waals surface area contributed by atoms with Gasteiger partial charge < -0.3 is 5.32 Å². The summed E-state index contributed by atoms with van der Waals surface area (Å²) in [7, 11) is 0. The maximum atomic E-state index is 13.0. The molecular formula is C23H22N4OS. The number of nitrogens with one attached hydrogen (secondary N) is 1. The van der Waals surface area contributed by atoms with E-state index in [0.29, 0.717) is 18.7 Å². The van der Waals surface area contributed by atoms with Crippen LogP contribution in [0.4, 0.5) is 0 Å². The van der Waals surface area contributed by atoms with Gasteiger partial charge in [-0.1, -0.05) is 24.3 Å². The molecule has 0 spiro atoms. The van der Waals surface area contributed by atoms with E-state index in [9.17, 15) is 4.79 Å². The largest absolute Gasteiger partial charge is 0.350 e. The summed E-state index contributed by atoms with van der Waals surface area (Å²) >= 11 is 1.61. The highest BCUT2D eigenvalue weighted by Crippen LogP contribution is 2.27. The zero-order chi connectivity index (χ0) is 20.2. The highest BCUT2D eigenvalue weighted by molar-refractivity contribution is 7.13. The van der Waals surface area contributed by atoms with Gasteiger partial charge in [-0.15, -0.1) is 11.3 Å². The Kier molecular flexibility index (Phi) is 5.53. The molecule has 1 aromatic carbocycles. The average molecular weight is 403 g/mol. The van der Waals surface area contributed by atoms with Gasteiger partial charge in [0.25, 0.3) is 5.91 Å². The summed E-state index contributed by atoms with van der Waals surface area (Å²) in [4.78, 5) is 18.4. The summed E-state index contributed by atoms with van der Waals surface area (Å²) in [5.74, 6) is -0.142. The molecule has 29 heavy (non-hydrogen) atoms. The summed E-state index contributed by atoms with van der Waals surface area (Å²) in [6.45, 7) is 4.59. The second-order valence-electron chi connectivity index (χ2n) is 6.92. The van der Waals surface area contributed by atoms with Crippen molar-refractivity contribution in [2.24, 2.45) is 0 Å². The number of hydrogen-bond acceptors (Lipinski definition) is 4. The number of carbonyl (C=O) groups is 1. The monoisotopic (exact) mass is 402 g/mol. The van der Waals surface area contributed by atoms with Crippen LogP contribution in [-0.4, -0.2) is 27.2 Å². The Balaban J connectivity index is 1.64. The standard InChI is InChI=1S/C23H22N4OS/c1-16-8-9-17(2)20(14-16)27-21(15-19(26-27)22-7-5-13-29-22)23(28)25-12-10-18-6-3-4-11-24-18/h3-9,11,13-15H,10,12H2,1-2H3,(H,25,28). The van der Waals surface area contributed by atoms with Crippen molar-refractivity contribution in [3.8, 4) is 16.3 Å². The minimum Gasteiger partial charge on any atom is -0.350 e. The Morgan fingerprint density at radius 2 is 2.00 bits per heavy atom. The molecule has 0 saturated carbocycles. The lowest BCUT2D eigenvalue weighted by molar-refractivity contribution is 0.0946. The smallest absolute Gasteiger partial charge is 0.270 e. The van der Waals surface area contributed by atoms with Crippen molar-refractivity contribution >= 4 is 17.2 Å². The van der Waals surface area contributed by atoms with E-state index in [-0.39, 0.29) is 5.91 Å². The first-order valence-electron chi connectivity index (χ1n) is 9.51. The first-order valence-corrected chi connectivity index (χ1v) is 10.4. The molecular weight excluding hydrogens is 380 g/mol. The van der Waals surface area contributed by atoms with E-state index in [1.807, 2.05) is 55.6 Å². The number of aromatic nitrogens is 3. The van der Waals surface area contributed by atoms with E-state index in [0.717, 1.165) is 33.1 Å². The van der Waals surface area contributed by atoms with Gasteiger partial charge >= 0.3 is 0 Å². The molecule has 3 heterocycles. The van der Waals surface area contributed by atoms with Crippen LogP contribution in [0.25, 0.3) is 16.3 Å². The van der Waals surface area contributed by atoms with Gasteiger partial charge in [-0.05, 0) is 60.7 Å². The number of nitrogens with zero attached hydrogens (tertiary/aromatic N) is 3. The van der Waals surface area contributed by atoms with Gasteiger partial charge in [-0.3, -0.25) is 9.78 Å². The van der Waals surface area contributed by atoms with Crippen LogP contribution in [0.15, 0.2) is 66.2 Å². The summed E-state index contributed by atoms with van der Waals surface area (Å²) in [5, 5.41) is 9.79. The fraction of sp³-hybridized carbons (Fsp3) is 0.174. The lowest BCUT2D eigenvalue weighted by atomic mass is 10.1. The van der Waals surface area contributed by atoms with E-state index in [4.69, 9.17) is 5.10 Å². The molecule has 3 aromatic heterocycles. The lowest BCUT2D eigenvalue weighted by Crippen LogP contribution is -2.28. The molecule has 146 valence electrons. The average Bonchev–Trinajstić information content (AvgIpc) is 3.40. The number of thiophene rings is 1. The van der Waals surface area contributed by atoms with Crippen LogP contribution in [0.2, 0.25) is 0 Å². The van der Waals surface area contributed by atoms with E-state index >= 15 is 0 Å². The summed E-state index contributed by atoms with van der Waals surface area (Å²) in [5.41, 5.74) is 5.40. The van der Waals surface area contributed by atoms with Crippen molar-refractivity contribution in [3.05, 3.63) is 88.7 Å². The number of pyridine rings is 1. The second kappa shape index (κ2) is 8.41. The first-order chi connectivity index (χ1) is 14.1. The molecule has 6 heteroatoms. The molecule has 0 unspecified atom stereocenters. The van der Waals surface area contributed by atoms with Gasteiger partial charge in [0.05, 0.1) is 10.6 Å². The van der Waals surface area contributed by atoms with Crippen molar-refractivity contribution < 1.29 is 4.79 Å². The number of carbonyl (C=O) groups excluding carboxylic acids is 1. The molecule has 0 aliphatic heterocycles. The van der Waals surface area contributed by atoms with Gasteiger partial charge in [0, 0.05) is 24.9 Å². The SMILES string of the molecule is Cc1ccc(C)c(-n2nc(-c3cccs3)cc2C(=O)NCCc2ccccn2)c1. The van der Waals surface area contributed by atoms with Crippen molar-refractivity contribution in [2.45, 2.75) is 20.3 Å². The minimum absolute atomic E-state index is 0.142. The second-order valence-corrected chi connectivity index (χ2v) is 7.87. The molecule has 1 amide bonds. The number of aryl methyl sites for hydroxylation is 2. The van der Waals surface area contributed by atoms with Crippen LogP contribution in [-0.2, 0) is 6.42 Å². The quantitative estimate of drug-likeness (QED) is 0.513. The first kappa shape index (κ1) is 19.1. The van der Waals surface area contributed by atoms with Gasteiger partial charge in [0.1, 0.15) is 11.4 Å². The van der Waals surface area contributed by atoms with Crippen LogP contribution in [0, 0.1) is 13.8 Å². The number of hydrogen-bond donors (Lipinski definition) is 1. The molecule has 0 aliphatic carbocycles. The van der Waals surface area contributed by atoms with E-state index in [1.165, 1.54) is 0 Å². The van der Waals surface area contributed by atoms with E-state index < -0.39 is 0 Å². The normalized spacial score (nSPS) is 10.8. The summed E-state index contributed by atoms with van der Waals surface area (Å²) in [6.07, 6.45) is 2.45. The molecule has 0 atom stereocenters. The maximum Gasteiger partial charge on any atom is 0.270 e. The third-order valence-electron chi connectivity index (χ3n) is 4.70. The Morgan fingerprint density at radius 3 is 2.76 bits per heavy atom. The predicted molar refractivity (Wildman–Crippen MR) is 117 cm³/mol. The molecule has 0 fully saturated rings. The van der Waals surface area contributed by atoms with Gasteiger partial charge in [0.2, 0.25) is 0 Å². The topological polar surface area (TPSA) is 59.8 Å². The van der Waals surface area contributed by atoms with Crippen LogP contribution in [0.1, 0.15) is 27.3 Å². The molecule has 0 saturated heterocycles. The molecule has 0 bridgehead atoms. The Labute approximate surface area is 174 Å². The van der Waals surface area contributed by atoms with Gasteiger partial charge in [-0.2, -0.15) is 5.10 Å². The summed E-state index contributed by atoms with van der Waals surface area (Å²) < 4.78 is 1.76. The van der Waals surface area contributed by atoms with Crippen LogP contribution < -0.4 is 5.32 Å². The van der Waals surface area contributed by atoms with Crippen molar-refractivity contribution in [1.82, 2.24) is 20.1 Å². The van der Waals surface area contributed by atoms with E-state index in [2.05, 4.69) is 28.5 Å². The zero-order valence-electron chi connectivity index (χ0n) is 16.4. The highest BCUT2D eigenvalue weighted by atomic mass is 32.1. The summed E-state index contributed by atoms with van der Waals surface area (Å²) in [6, 6.07) is 17.8. The Morgan fingerprint density at radius 1 is 1.10 bits per heavy atom. The van der Waals surface area contributed by atoms with Crippen LogP contribution >= 0.6 is 11.3 Å². The molecule has 0 aliphatic rings. The lowest BCUT2D eigenvalue weighted by Gasteiger charge is -2.11. The number of amides is 1. The van der Waals surface area contributed by atoms with Crippen molar-refractivity contribution in [2.75, 3.05) is 6.54 Å². The molecule has 4 aromatic rings. The fourth-order valence-electron chi connectivity index (χ4n) is 3.16. The van der Waals surface area contributed by atoms with Crippen LogP contribution in [0.5, 0.6) is 0 Å². The predicted octanol–water partition coefficient (Wildman–Crippen LogP) is 4.59. The van der Waals surface area contributed by atoms with Crippen molar-refractivity contribution in [3.63, 3.8) is 0 Å². The maximum absolute atomic E-state index is 13.0. The minimum atomic E-state index is -0.142. The van der Waals surface area contributed by atoms with Crippen molar-refractivity contribution in [1.29, 1.82) is 0 Å². The molecule has 5 nitrogen and oxygen atoms in total. The zero-order valence-corrected chi connectivity index (χ0v) is 17.2. The fourth-order valence-corrected chi connectivity index (χ4v) is 3.84. The number of rotatable bonds is 6. The van der Waals surface area contributed by atoms with E-state index in [1.54, 1.807) is 22.2 Å².